The standard InChI is InChI=1S/C34H43F3N6O5/c1-20-17-27(42-48-20)32-40-30(33(44)43-14-11-24(12-15-43)39-26-13-16-46-19-29(26)45-3)21(2)31(41-32)38-18-25-5-4-6-28(47-25)22-7-9-23(10-8-22)34(35,36)37/h7-10,17,24-26,28-29,39H,4-6,11-16,18-19H2,1-3H3,(H,38,40,41). The van der Waals surface area contributed by atoms with E-state index in [1.165, 1.54) is 12.1 Å². The molecule has 4 unspecified atom stereocenters. The molecule has 48 heavy (non-hydrogen) atoms. The number of rotatable bonds is 9. The van der Waals surface area contributed by atoms with E-state index in [4.69, 9.17) is 23.7 Å². The van der Waals surface area contributed by atoms with Crippen molar-refractivity contribution >= 4 is 11.7 Å². The number of carbonyl (C=O) groups excluding carboxylic acids is 1. The number of nitrogens with zero attached hydrogens (tertiary/aromatic N) is 4. The average molecular weight is 673 g/mol. The van der Waals surface area contributed by atoms with Crippen molar-refractivity contribution in [1.29, 1.82) is 0 Å². The maximum absolute atomic E-state index is 14.0. The molecule has 1 aromatic carbocycles. The number of aryl methyl sites for hydroxylation is 1. The van der Waals surface area contributed by atoms with E-state index in [0.29, 0.717) is 66.9 Å². The number of likely N-dealkylation sites (tertiary alicyclic amines) is 1. The number of piperidine rings is 1. The Morgan fingerprint density at radius 2 is 1.83 bits per heavy atom. The van der Waals surface area contributed by atoms with E-state index in [-0.39, 0.29) is 42.1 Å². The van der Waals surface area contributed by atoms with Gasteiger partial charge in [0.05, 0.1) is 30.5 Å². The van der Waals surface area contributed by atoms with E-state index in [9.17, 15) is 18.0 Å². The van der Waals surface area contributed by atoms with Crippen LogP contribution in [-0.4, -0.2) is 90.2 Å². The SMILES string of the molecule is COC1COCCC1NC1CCN(C(=O)c2nc(-c3cc(C)on3)nc(NCC3CCCC(c4ccc(C(F)(F)F)cc4)O3)c2C)CC1. The normalized spacial score (nSPS) is 24.1. The van der Waals surface area contributed by atoms with E-state index in [0.717, 1.165) is 50.7 Å². The lowest BCUT2D eigenvalue weighted by molar-refractivity contribution is -0.137. The molecule has 3 fully saturated rings. The van der Waals surface area contributed by atoms with Crippen molar-refractivity contribution in [3.05, 3.63) is 58.5 Å². The first kappa shape index (κ1) is 34.3. The monoisotopic (exact) mass is 672 g/mol. The zero-order chi connectivity index (χ0) is 33.8. The molecule has 0 spiro atoms. The van der Waals surface area contributed by atoms with Crippen molar-refractivity contribution < 1.29 is 36.7 Å². The average Bonchev–Trinajstić information content (AvgIpc) is 3.54. The fourth-order valence-corrected chi connectivity index (χ4v) is 6.71. The first-order chi connectivity index (χ1) is 23.1. The Kier molecular flexibility index (Phi) is 10.6. The highest BCUT2D eigenvalue weighted by atomic mass is 19.4. The summed E-state index contributed by atoms with van der Waals surface area (Å²) in [5, 5.41) is 11.2. The van der Waals surface area contributed by atoms with Crippen LogP contribution in [0.5, 0.6) is 0 Å². The van der Waals surface area contributed by atoms with Crippen LogP contribution in [0.3, 0.4) is 0 Å². The molecule has 0 radical (unpaired) electrons. The fourth-order valence-electron chi connectivity index (χ4n) is 6.71. The molecule has 2 aromatic heterocycles. The molecular weight excluding hydrogens is 629 g/mol. The van der Waals surface area contributed by atoms with Gasteiger partial charge in [0.25, 0.3) is 5.91 Å². The minimum atomic E-state index is -4.38. The number of carbonyl (C=O) groups is 1. The molecule has 14 heteroatoms. The molecule has 0 saturated carbocycles. The molecule has 6 rings (SSSR count). The van der Waals surface area contributed by atoms with Crippen LogP contribution >= 0.6 is 0 Å². The van der Waals surface area contributed by atoms with Gasteiger partial charge in [0.1, 0.15) is 17.3 Å². The molecule has 11 nitrogen and oxygen atoms in total. The second-order valence-corrected chi connectivity index (χ2v) is 12.8. The van der Waals surface area contributed by atoms with Crippen molar-refractivity contribution in [1.82, 2.24) is 25.3 Å². The number of amides is 1. The second kappa shape index (κ2) is 14.9. The third kappa shape index (κ3) is 7.99. The Morgan fingerprint density at radius 3 is 2.52 bits per heavy atom. The zero-order valence-electron chi connectivity index (χ0n) is 27.5. The molecule has 1 amide bonds. The zero-order valence-corrected chi connectivity index (χ0v) is 27.5. The number of nitrogens with one attached hydrogen (secondary N) is 2. The maximum atomic E-state index is 14.0. The predicted molar refractivity (Wildman–Crippen MR) is 170 cm³/mol. The van der Waals surface area contributed by atoms with Gasteiger partial charge in [-0.15, -0.1) is 0 Å². The topological polar surface area (TPSA) is 124 Å². The van der Waals surface area contributed by atoms with Crippen molar-refractivity contribution in [3.63, 3.8) is 0 Å². The van der Waals surface area contributed by atoms with Crippen LogP contribution in [0.2, 0.25) is 0 Å². The van der Waals surface area contributed by atoms with Crippen LogP contribution in [-0.2, 0) is 20.4 Å². The van der Waals surface area contributed by atoms with Crippen LogP contribution in [0.25, 0.3) is 11.5 Å². The summed E-state index contributed by atoms with van der Waals surface area (Å²) in [6.45, 7) is 6.45. The van der Waals surface area contributed by atoms with Gasteiger partial charge in [-0.05, 0) is 70.1 Å². The van der Waals surface area contributed by atoms with Crippen molar-refractivity contribution in [2.75, 3.05) is 45.3 Å². The van der Waals surface area contributed by atoms with Crippen molar-refractivity contribution in [3.8, 4) is 11.5 Å². The highest BCUT2D eigenvalue weighted by Gasteiger charge is 2.33. The van der Waals surface area contributed by atoms with E-state index < -0.39 is 11.7 Å². The number of hydrogen-bond donors (Lipinski definition) is 2. The van der Waals surface area contributed by atoms with Gasteiger partial charge in [0, 0.05) is 57.1 Å². The first-order valence-corrected chi connectivity index (χ1v) is 16.6. The third-order valence-electron chi connectivity index (χ3n) is 9.50. The molecule has 3 aromatic rings. The predicted octanol–water partition coefficient (Wildman–Crippen LogP) is 5.49. The molecule has 3 aliphatic heterocycles. The van der Waals surface area contributed by atoms with Crippen LogP contribution in [0.1, 0.15) is 77.6 Å². The van der Waals surface area contributed by atoms with Gasteiger partial charge in [-0.25, -0.2) is 9.97 Å². The Morgan fingerprint density at radius 1 is 1.06 bits per heavy atom. The van der Waals surface area contributed by atoms with Gasteiger partial charge in [-0.2, -0.15) is 13.2 Å². The number of alkyl halides is 3. The second-order valence-electron chi connectivity index (χ2n) is 12.8. The summed E-state index contributed by atoms with van der Waals surface area (Å²) < 4.78 is 62.0. The Hall–Kier alpha value is -3.59. The van der Waals surface area contributed by atoms with Gasteiger partial charge in [0.2, 0.25) is 0 Å². The Labute approximate surface area is 277 Å². The van der Waals surface area contributed by atoms with Crippen molar-refractivity contribution in [2.24, 2.45) is 0 Å². The summed E-state index contributed by atoms with van der Waals surface area (Å²) in [7, 11) is 1.71. The third-order valence-corrected chi connectivity index (χ3v) is 9.50. The lowest BCUT2D eigenvalue weighted by Gasteiger charge is -2.38. The van der Waals surface area contributed by atoms with E-state index in [1.807, 2.05) is 11.8 Å². The first-order valence-electron chi connectivity index (χ1n) is 16.6. The van der Waals surface area contributed by atoms with E-state index in [1.54, 1.807) is 20.1 Å². The number of hydrogen-bond acceptors (Lipinski definition) is 10. The van der Waals surface area contributed by atoms with Gasteiger partial charge in [-0.1, -0.05) is 17.3 Å². The lowest BCUT2D eigenvalue weighted by atomic mass is 9.97. The molecule has 4 atom stereocenters. The minimum Gasteiger partial charge on any atom is -0.379 e. The summed E-state index contributed by atoms with van der Waals surface area (Å²) >= 11 is 0. The fraction of sp³-hybridized carbons (Fsp3) is 0.588. The van der Waals surface area contributed by atoms with Crippen LogP contribution in [0.4, 0.5) is 19.0 Å². The van der Waals surface area contributed by atoms with Crippen molar-refractivity contribution in [2.45, 2.75) is 88.9 Å². The number of aromatic nitrogens is 3. The molecule has 260 valence electrons. The molecule has 3 saturated heterocycles. The Bertz CT molecular complexity index is 1540. The van der Waals surface area contributed by atoms with Gasteiger partial charge >= 0.3 is 6.18 Å². The highest BCUT2D eigenvalue weighted by molar-refractivity contribution is 5.95. The quantitative estimate of drug-likeness (QED) is 0.302. The van der Waals surface area contributed by atoms with E-state index in [2.05, 4.69) is 20.8 Å². The molecule has 0 bridgehead atoms. The van der Waals surface area contributed by atoms with Gasteiger partial charge in [0.15, 0.2) is 11.5 Å². The summed E-state index contributed by atoms with van der Waals surface area (Å²) in [5.41, 5.74) is 1.37. The molecule has 2 N–H and O–H groups in total. The minimum absolute atomic E-state index is 0.0151. The summed E-state index contributed by atoms with van der Waals surface area (Å²) in [4.78, 5) is 25.2. The molecule has 5 heterocycles. The highest BCUT2D eigenvalue weighted by Crippen LogP contribution is 2.35. The van der Waals surface area contributed by atoms with Gasteiger partial charge in [-0.3, -0.25) is 4.79 Å². The molecule has 3 aliphatic rings. The maximum Gasteiger partial charge on any atom is 0.416 e. The Balaban J connectivity index is 1.13. The summed E-state index contributed by atoms with van der Waals surface area (Å²) in [5.74, 6) is 1.19. The van der Waals surface area contributed by atoms with Crippen LogP contribution < -0.4 is 10.6 Å². The smallest absolute Gasteiger partial charge is 0.379 e. The number of methoxy groups -OCH3 is 1. The molecular formula is C34H43F3N6O5. The lowest BCUT2D eigenvalue weighted by Crippen LogP contribution is -2.54. The number of halogens is 3. The summed E-state index contributed by atoms with van der Waals surface area (Å²) in [6, 6.07) is 7.39. The number of anilines is 1. The largest absolute Gasteiger partial charge is 0.416 e. The van der Waals surface area contributed by atoms with Gasteiger partial charge < -0.3 is 34.3 Å². The van der Waals surface area contributed by atoms with E-state index >= 15 is 0 Å². The number of benzene rings is 1. The molecule has 0 aliphatic carbocycles. The van der Waals surface area contributed by atoms with Crippen LogP contribution in [0.15, 0.2) is 34.9 Å². The summed E-state index contributed by atoms with van der Waals surface area (Å²) in [6.07, 6.45) is -0.0304. The number of ether oxygens (including phenoxy) is 3. The van der Waals surface area contributed by atoms with Crippen LogP contribution in [0, 0.1) is 13.8 Å².